The van der Waals surface area contributed by atoms with Crippen molar-refractivity contribution in [1.82, 2.24) is 20.0 Å². The van der Waals surface area contributed by atoms with E-state index in [4.69, 9.17) is 5.73 Å². The first-order valence-electron chi connectivity index (χ1n) is 5.33. The Labute approximate surface area is 94.3 Å². The maximum atomic E-state index is 5.44. The van der Waals surface area contributed by atoms with E-state index in [9.17, 15) is 0 Å². The van der Waals surface area contributed by atoms with Gasteiger partial charge >= 0.3 is 0 Å². The van der Waals surface area contributed by atoms with Gasteiger partial charge in [0.05, 0.1) is 6.20 Å². The molecule has 0 unspecified atom stereocenters. The van der Waals surface area contributed by atoms with Gasteiger partial charge in [-0.05, 0) is 32.0 Å². The van der Waals surface area contributed by atoms with Crippen molar-refractivity contribution in [3.05, 3.63) is 30.2 Å². The van der Waals surface area contributed by atoms with E-state index in [0.717, 1.165) is 29.9 Å². The van der Waals surface area contributed by atoms with Crippen LogP contribution in [0.15, 0.2) is 24.5 Å². The van der Waals surface area contributed by atoms with Gasteiger partial charge in [0, 0.05) is 24.0 Å². The summed E-state index contributed by atoms with van der Waals surface area (Å²) in [6.07, 6.45) is 4.64. The van der Waals surface area contributed by atoms with Gasteiger partial charge in [0.2, 0.25) is 0 Å². The Morgan fingerprint density at radius 2 is 2.25 bits per heavy atom. The molecule has 0 fully saturated rings. The standard InChI is InChI=1S/C11H15N5/c1-9-3-4-10(7-13-9)11-8-16(15-14-11)6-2-5-12/h3-4,7-8H,2,5-6,12H2,1H3. The Kier molecular flexibility index (Phi) is 3.26. The summed E-state index contributed by atoms with van der Waals surface area (Å²) >= 11 is 0. The minimum Gasteiger partial charge on any atom is -0.330 e. The highest BCUT2D eigenvalue weighted by molar-refractivity contribution is 5.56. The molecular weight excluding hydrogens is 202 g/mol. The number of pyridine rings is 1. The quantitative estimate of drug-likeness (QED) is 0.829. The van der Waals surface area contributed by atoms with Crippen molar-refractivity contribution >= 4 is 0 Å². The molecule has 0 saturated carbocycles. The average Bonchev–Trinajstić information content (AvgIpc) is 2.76. The lowest BCUT2D eigenvalue weighted by Crippen LogP contribution is -2.06. The molecule has 2 heterocycles. The lowest BCUT2D eigenvalue weighted by atomic mass is 10.2. The Morgan fingerprint density at radius 1 is 1.38 bits per heavy atom. The van der Waals surface area contributed by atoms with Crippen LogP contribution in [0.1, 0.15) is 12.1 Å². The van der Waals surface area contributed by atoms with Crippen molar-refractivity contribution in [1.29, 1.82) is 0 Å². The topological polar surface area (TPSA) is 69.6 Å². The van der Waals surface area contributed by atoms with Crippen LogP contribution in [-0.2, 0) is 6.54 Å². The summed E-state index contributed by atoms with van der Waals surface area (Å²) < 4.78 is 1.81. The molecule has 2 rings (SSSR count). The molecule has 0 aromatic carbocycles. The summed E-state index contributed by atoms with van der Waals surface area (Å²) in [6.45, 7) is 3.44. The summed E-state index contributed by atoms with van der Waals surface area (Å²) in [7, 11) is 0. The fourth-order valence-corrected chi connectivity index (χ4v) is 1.41. The fraction of sp³-hybridized carbons (Fsp3) is 0.364. The Morgan fingerprint density at radius 3 is 2.94 bits per heavy atom. The van der Waals surface area contributed by atoms with Gasteiger partial charge in [-0.3, -0.25) is 9.67 Å². The SMILES string of the molecule is Cc1ccc(-c2cn(CCCN)nn2)cn1. The van der Waals surface area contributed by atoms with Crippen LogP contribution in [0.3, 0.4) is 0 Å². The van der Waals surface area contributed by atoms with Gasteiger partial charge < -0.3 is 5.73 Å². The van der Waals surface area contributed by atoms with Gasteiger partial charge in [0.25, 0.3) is 0 Å². The fourth-order valence-electron chi connectivity index (χ4n) is 1.41. The molecule has 0 atom stereocenters. The van der Waals surface area contributed by atoms with E-state index in [2.05, 4.69) is 15.3 Å². The average molecular weight is 217 g/mol. The first-order chi connectivity index (χ1) is 7.79. The predicted molar refractivity (Wildman–Crippen MR) is 61.7 cm³/mol. The highest BCUT2D eigenvalue weighted by Crippen LogP contribution is 2.14. The van der Waals surface area contributed by atoms with Crippen LogP contribution in [0.2, 0.25) is 0 Å². The molecule has 0 aliphatic rings. The third-order valence-corrected chi connectivity index (χ3v) is 2.34. The number of hydrogen-bond acceptors (Lipinski definition) is 4. The Balaban J connectivity index is 2.15. The smallest absolute Gasteiger partial charge is 0.114 e. The third-order valence-electron chi connectivity index (χ3n) is 2.34. The van der Waals surface area contributed by atoms with Crippen LogP contribution < -0.4 is 5.73 Å². The minimum atomic E-state index is 0.668. The maximum absolute atomic E-state index is 5.44. The minimum absolute atomic E-state index is 0.668. The van der Waals surface area contributed by atoms with E-state index in [1.807, 2.05) is 36.1 Å². The molecule has 5 heteroatoms. The van der Waals surface area contributed by atoms with Gasteiger partial charge in [-0.25, -0.2) is 0 Å². The lowest BCUT2D eigenvalue weighted by molar-refractivity contribution is 0.564. The third kappa shape index (κ3) is 2.43. The number of rotatable bonds is 4. The van der Waals surface area contributed by atoms with Crippen LogP contribution in [0, 0.1) is 6.92 Å². The summed E-state index contributed by atoms with van der Waals surface area (Å²) in [5.41, 5.74) is 8.28. The molecule has 2 aromatic rings. The first-order valence-corrected chi connectivity index (χ1v) is 5.33. The van der Waals surface area contributed by atoms with Crippen LogP contribution >= 0.6 is 0 Å². The largest absolute Gasteiger partial charge is 0.330 e. The van der Waals surface area contributed by atoms with Gasteiger partial charge in [0.15, 0.2) is 0 Å². The summed E-state index contributed by atoms with van der Waals surface area (Å²) in [5, 5.41) is 8.14. The van der Waals surface area contributed by atoms with E-state index in [0.29, 0.717) is 6.54 Å². The molecule has 0 aliphatic heterocycles. The predicted octanol–water partition coefficient (Wildman–Crippen LogP) is 0.997. The number of aromatic nitrogens is 4. The van der Waals surface area contributed by atoms with Gasteiger partial charge in [-0.1, -0.05) is 5.21 Å². The molecule has 0 saturated heterocycles. The molecule has 16 heavy (non-hydrogen) atoms. The van der Waals surface area contributed by atoms with Crippen LogP contribution in [-0.4, -0.2) is 26.5 Å². The highest BCUT2D eigenvalue weighted by atomic mass is 15.4. The Hall–Kier alpha value is -1.75. The number of hydrogen-bond donors (Lipinski definition) is 1. The lowest BCUT2D eigenvalue weighted by Gasteiger charge is -1.96. The molecule has 84 valence electrons. The number of nitrogens with two attached hydrogens (primary N) is 1. The van der Waals surface area contributed by atoms with E-state index in [-0.39, 0.29) is 0 Å². The summed E-state index contributed by atoms with van der Waals surface area (Å²) in [6, 6.07) is 3.97. The van der Waals surface area contributed by atoms with E-state index in [1.54, 1.807) is 0 Å². The molecule has 2 aromatic heterocycles. The van der Waals surface area contributed by atoms with Crippen LogP contribution in [0.4, 0.5) is 0 Å². The number of nitrogens with zero attached hydrogens (tertiary/aromatic N) is 4. The van der Waals surface area contributed by atoms with Gasteiger partial charge in [0.1, 0.15) is 5.69 Å². The first kappa shape index (κ1) is 10.8. The number of aryl methyl sites for hydroxylation is 2. The second kappa shape index (κ2) is 4.85. The van der Waals surface area contributed by atoms with Gasteiger partial charge in [-0.15, -0.1) is 5.10 Å². The van der Waals surface area contributed by atoms with Crippen molar-refractivity contribution in [2.75, 3.05) is 6.54 Å². The van der Waals surface area contributed by atoms with E-state index >= 15 is 0 Å². The van der Waals surface area contributed by atoms with E-state index in [1.165, 1.54) is 0 Å². The van der Waals surface area contributed by atoms with Crippen molar-refractivity contribution in [2.24, 2.45) is 5.73 Å². The summed E-state index contributed by atoms with van der Waals surface area (Å²) in [4.78, 5) is 4.23. The molecule has 2 N–H and O–H groups in total. The van der Waals surface area contributed by atoms with E-state index < -0.39 is 0 Å². The van der Waals surface area contributed by atoms with Crippen molar-refractivity contribution < 1.29 is 0 Å². The van der Waals surface area contributed by atoms with Gasteiger partial charge in [-0.2, -0.15) is 0 Å². The zero-order valence-corrected chi connectivity index (χ0v) is 9.30. The van der Waals surface area contributed by atoms with Crippen LogP contribution in [0.25, 0.3) is 11.3 Å². The zero-order chi connectivity index (χ0) is 11.4. The van der Waals surface area contributed by atoms with Crippen molar-refractivity contribution in [3.8, 4) is 11.3 Å². The maximum Gasteiger partial charge on any atom is 0.114 e. The molecule has 0 aliphatic carbocycles. The second-order valence-corrected chi connectivity index (χ2v) is 3.70. The molecule has 0 radical (unpaired) electrons. The second-order valence-electron chi connectivity index (χ2n) is 3.70. The summed E-state index contributed by atoms with van der Waals surface area (Å²) in [5.74, 6) is 0. The molecule has 0 bridgehead atoms. The molecular formula is C11H15N5. The highest BCUT2D eigenvalue weighted by Gasteiger charge is 2.03. The molecule has 0 spiro atoms. The monoisotopic (exact) mass is 217 g/mol. The Bertz CT molecular complexity index is 446. The van der Waals surface area contributed by atoms with Crippen molar-refractivity contribution in [2.45, 2.75) is 19.9 Å². The zero-order valence-electron chi connectivity index (χ0n) is 9.30. The molecule has 0 amide bonds. The van der Waals surface area contributed by atoms with Crippen LogP contribution in [0.5, 0.6) is 0 Å². The normalized spacial score (nSPS) is 10.6. The van der Waals surface area contributed by atoms with Crippen molar-refractivity contribution in [3.63, 3.8) is 0 Å². The molecule has 5 nitrogen and oxygen atoms in total.